The maximum atomic E-state index is 12.8. The minimum atomic E-state index is 0.0684. The average molecular weight is 284 g/mol. The van der Waals surface area contributed by atoms with Crippen molar-refractivity contribution in [1.29, 1.82) is 0 Å². The number of hydrogen-bond donors (Lipinski definition) is 1. The number of rotatable bonds is 5. The number of nitrogens with zero attached hydrogens (tertiary/aromatic N) is 2. The molecule has 1 aliphatic carbocycles. The second-order valence-corrected chi connectivity index (χ2v) is 5.57. The van der Waals surface area contributed by atoms with Gasteiger partial charge in [-0.15, -0.1) is 0 Å². The Balaban J connectivity index is 1.85. The van der Waals surface area contributed by atoms with E-state index in [1.165, 1.54) is 6.42 Å². The Hall–Kier alpha value is -1.94. The minimum absolute atomic E-state index is 0.0684. The molecule has 1 N–H and O–H groups in total. The molecule has 0 radical (unpaired) electrons. The quantitative estimate of drug-likeness (QED) is 0.918. The van der Waals surface area contributed by atoms with Crippen LogP contribution < -0.4 is 0 Å². The molecule has 4 heteroatoms. The predicted molar refractivity (Wildman–Crippen MR) is 82.1 cm³/mol. The lowest BCUT2D eigenvalue weighted by Crippen LogP contribution is -2.44. The summed E-state index contributed by atoms with van der Waals surface area (Å²) in [7, 11) is 0. The number of carbonyl (C=O) groups is 1. The number of amides is 1. The van der Waals surface area contributed by atoms with Crippen LogP contribution >= 0.6 is 0 Å². The first kappa shape index (κ1) is 14.0. The lowest BCUT2D eigenvalue weighted by molar-refractivity contribution is 0.0562. The van der Waals surface area contributed by atoms with Crippen LogP contribution in [0.25, 0.3) is 10.9 Å². The van der Waals surface area contributed by atoms with Crippen LogP contribution in [0.2, 0.25) is 0 Å². The summed E-state index contributed by atoms with van der Waals surface area (Å²) in [5.74, 6) is 0.0684. The van der Waals surface area contributed by atoms with Crippen molar-refractivity contribution in [2.45, 2.75) is 31.7 Å². The van der Waals surface area contributed by atoms with E-state index >= 15 is 0 Å². The maximum Gasteiger partial charge on any atom is 0.254 e. The first-order valence-corrected chi connectivity index (χ1v) is 7.56. The van der Waals surface area contributed by atoms with Crippen molar-refractivity contribution in [1.82, 2.24) is 9.88 Å². The summed E-state index contributed by atoms with van der Waals surface area (Å²) in [6, 6.07) is 9.85. The third kappa shape index (κ3) is 2.90. The third-order valence-electron chi connectivity index (χ3n) is 4.18. The minimum Gasteiger partial charge on any atom is -0.396 e. The average Bonchev–Trinajstić information content (AvgIpc) is 2.48. The van der Waals surface area contributed by atoms with Gasteiger partial charge in [0.2, 0.25) is 0 Å². The highest BCUT2D eigenvalue weighted by Gasteiger charge is 2.28. The van der Waals surface area contributed by atoms with Gasteiger partial charge in [-0.05, 0) is 49.9 Å². The van der Waals surface area contributed by atoms with Crippen LogP contribution in [0.1, 0.15) is 36.0 Å². The first-order valence-electron chi connectivity index (χ1n) is 7.56. The van der Waals surface area contributed by atoms with Crippen LogP contribution in [-0.2, 0) is 0 Å². The predicted octanol–water partition coefficient (Wildman–Crippen LogP) is 2.61. The van der Waals surface area contributed by atoms with E-state index in [1.807, 2.05) is 35.2 Å². The zero-order valence-corrected chi connectivity index (χ0v) is 12.0. The number of aliphatic hydroxyl groups excluding tert-OH is 1. The van der Waals surface area contributed by atoms with Crippen molar-refractivity contribution in [2.24, 2.45) is 0 Å². The van der Waals surface area contributed by atoms with Crippen molar-refractivity contribution >= 4 is 16.8 Å². The molecular weight excluding hydrogens is 264 g/mol. The van der Waals surface area contributed by atoms with Gasteiger partial charge >= 0.3 is 0 Å². The number of aromatic nitrogens is 1. The molecular formula is C17H20N2O2. The number of benzene rings is 1. The summed E-state index contributed by atoms with van der Waals surface area (Å²) >= 11 is 0. The molecule has 21 heavy (non-hydrogen) atoms. The molecule has 4 nitrogen and oxygen atoms in total. The SMILES string of the molecule is O=C(c1ccc2ncccc2c1)N(CCCO)C1CCC1. The summed E-state index contributed by atoms with van der Waals surface area (Å²) < 4.78 is 0. The molecule has 0 bridgehead atoms. The van der Waals surface area contributed by atoms with Crippen molar-refractivity contribution in [3.8, 4) is 0 Å². The van der Waals surface area contributed by atoms with E-state index < -0.39 is 0 Å². The van der Waals surface area contributed by atoms with Gasteiger partial charge in [0.25, 0.3) is 5.91 Å². The van der Waals surface area contributed by atoms with Gasteiger partial charge in [0.15, 0.2) is 0 Å². The van der Waals surface area contributed by atoms with E-state index in [2.05, 4.69) is 4.98 Å². The largest absolute Gasteiger partial charge is 0.396 e. The van der Waals surface area contributed by atoms with Gasteiger partial charge in [0.1, 0.15) is 0 Å². The molecule has 0 unspecified atom stereocenters. The molecule has 110 valence electrons. The topological polar surface area (TPSA) is 53.4 Å². The Morgan fingerprint density at radius 1 is 1.33 bits per heavy atom. The van der Waals surface area contributed by atoms with E-state index in [0.717, 1.165) is 23.7 Å². The molecule has 1 saturated carbocycles. The highest BCUT2D eigenvalue weighted by Crippen LogP contribution is 2.27. The molecule has 1 aromatic heterocycles. The molecule has 3 rings (SSSR count). The van der Waals surface area contributed by atoms with Crippen LogP contribution in [-0.4, -0.2) is 40.1 Å². The summed E-state index contributed by atoms with van der Waals surface area (Å²) in [6.45, 7) is 0.753. The van der Waals surface area contributed by atoms with Gasteiger partial charge in [0.05, 0.1) is 5.52 Å². The van der Waals surface area contributed by atoms with E-state index in [-0.39, 0.29) is 12.5 Å². The van der Waals surface area contributed by atoms with E-state index in [0.29, 0.717) is 24.6 Å². The molecule has 1 amide bonds. The Labute approximate surface area is 124 Å². The van der Waals surface area contributed by atoms with Gasteiger partial charge in [-0.3, -0.25) is 9.78 Å². The lowest BCUT2D eigenvalue weighted by Gasteiger charge is -2.37. The Morgan fingerprint density at radius 3 is 2.90 bits per heavy atom. The second kappa shape index (κ2) is 6.22. The summed E-state index contributed by atoms with van der Waals surface area (Å²) in [4.78, 5) is 19.0. The van der Waals surface area contributed by atoms with Gasteiger partial charge < -0.3 is 10.0 Å². The van der Waals surface area contributed by atoms with E-state index in [1.54, 1.807) is 6.20 Å². The fraction of sp³-hybridized carbons (Fsp3) is 0.412. The number of aliphatic hydroxyl groups is 1. The monoisotopic (exact) mass is 284 g/mol. The van der Waals surface area contributed by atoms with E-state index in [9.17, 15) is 4.79 Å². The molecule has 1 heterocycles. The molecule has 1 fully saturated rings. The number of hydrogen-bond acceptors (Lipinski definition) is 3. The maximum absolute atomic E-state index is 12.8. The zero-order chi connectivity index (χ0) is 14.7. The molecule has 2 aromatic rings. The van der Waals surface area contributed by atoms with Crippen molar-refractivity contribution in [2.75, 3.05) is 13.2 Å². The summed E-state index contributed by atoms with van der Waals surface area (Å²) in [5, 5.41) is 10.0. The highest BCUT2D eigenvalue weighted by atomic mass is 16.3. The van der Waals surface area contributed by atoms with Crippen LogP contribution in [0.5, 0.6) is 0 Å². The van der Waals surface area contributed by atoms with Crippen molar-refractivity contribution < 1.29 is 9.90 Å². The smallest absolute Gasteiger partial charge is 0.254 e. The van der Waals surface area contributed by atoms with Gasteiger partial charge in [-0.25, -0.2) is 0 Å². The Morgan fingerprint density at radius 2 is 2.19 bits per heavy atom. The summed E-state index contributed by atoms with van der Waals surface area (Å²) in [5.41, 5.74) is 1.61. The van der Waals surface area contributed by atoms with Crippen LogP contribution in [0.3, 0.4) is 0 Å². The second-order valence-electron chi connectivity index (χ2n) is 5.57. The lowest BCUT2D eigenvalue weighted by atomic mass is 9.90. The standard InChI is InChI=1S/C17H20N2O2/c20-11-3-10-19(15-5-1-6-15)17(21)14-7-8-16-13(12-14)4-2-9-18-16/h2,4,7-9,12,15,20H,1,3,5-6,10-11H2. The fourth-order valence-electron chi connectivity index (χ4n) is 2.76. The first-order chi connectivity index (χ1) is 10.3. The molecule has 0 atom stereocenters. The third-order valence-corrected chi connectivity index (χ3v) is 4.18. The molecule has 1 aliphatic rings. The van der Waals surface area contributed by atoms with Gasteiger partial charge in [-0.1, -0.05) is 6.07 Å². The fourth-order valence-corrected chi connectivity index (χ4v) is 2.76. The molecule has 0 aliphatic heterocycles. The summed E-state index contributed by atoms with van der Waals surface area (Å²) in [6.07, 6.45) is 5.73. The number of fused-ring (bicyclic) bond motifs is 1. The molecule has 1 aromatic carbocycles. The normalized spacial score (nSPS) is 14.9. The van der Waals surface area contributed by atoms with Crippen molar-refractivity contribution in [3.05, 3.63) is 42.1 Å². The van der Waals surface area contributed by atoms with Crippen LogP contribution in [0.4, 0.5) is 0 Å². The zero-order valence-electron chi connectivity index (χ0n) is 12.0. The van der Waals surface area contributed by atoms with Crippen LogP contribution in [0, 0.1) is 0 Å². The Kier molecular flexibility index (Phi) is 4.15. The highest BCUT2D eigenvalue weighted by molar-refractivity contribution is 5.98. The van der Waals surface area contributed by atoms with Gasteiger partial charge in [-0.2, -0.15) is 0 Å². The number of carbonyl (C=O) groups excluding carboxylic acids is 1. The number of pyridine rings is 1. The molecule has 0 saturated heterocycles. The van der Waals surface area contributed by atoms with Crippen molar-refractivity contribution in [3.63, 3.8) is 0 Å². The van der Waals surface area contributed by atoms with E-state index in [4.69, 9.17) is 5.11 Å². The Bertz CT molecular complexity index is 637. The van der Waals surface area contributed by atoms with Crippen LogP contribution in [0.15, 0.2) is 36.5 Å². The van der Waals surface area contributed by atoms with Gasteiger partial charge in [0, 0.05) is 36.3 Å². The molecule has 0 spiro atoms.